The van der Waals surface area contributed by atoms with Gasteiger partial charge in [0.2, 0.25) is 0 Å². The summed E-state index contributed by atoms with van der Waals surface area (Å²) >= 11 is 7.68. The molecule has 1 amide bonds. The van der Waals surface area contributed by atoms with Crippen LogP contribution in [0.4, 0.5) is 5.69 Å². The molecule has 0 radical (unpaired) electrons. The minimum atomic E-state index is -1.88. The van der Waals surface area contributed by atoms with Gasteiger partial charge in [-0.05, 0) is 41.1 Å². The average molecular weight is 410 g/mol. The van der Waals surface area contributed by atoms with Crippen molar-refractivity contribution in [3.05, 3.63) is 86.6 Å². The zero-order valence-corrected chi connectivity index (χ0v) is 16.3. The van der Waals surface area contributed by atoms with Gasteiger partial charge in [0.25, 0.3) is 5.91 Å². The minimum Gasteiger partial charge on any atom is -0.375 e. The summed E-state index contributed by atoms with van der Waals surface area (Å²) in [6, 6.07) is 16.1. The fraction of sp³-hybridized carbons (Fsp3) is 0.182. The highest BCUT2D eigenvalue weighted by Crippen LogP contribution is 2.49. The third kappa shape index (κ3) is 2.47. The second kappa shape index (κ2) is 6.27. The van der Waals surface area contributed by atoms with E-state index in [1.165, 1.54) is 11.3 Å². The van der Waals surface area contributed by atoms with Crippen LogP contribution in [0.1, 0.15) is 38.8 Å². The summed E-state index contributed by atoms with van der Waals surface area (Å²) in [5, 5.41) is 13.8. The van der Waals surface area contributed by atoms with Crippen LogP contribution in [0.5, 0.6) is 0 Å². The Kier molecular flexibility index (Phi) is 3.95. The topological polar surface area (TPSA) is 57.6 Å². The van der Waals surface area contributed by atoms with Gasteiger partial charge in [-0.1, -0.05) is 48.0 Å². The minimum absolute atomic E-state index is 0.243. The van der Waals surface area contributed by atoms with Gasteiger partial charge in [-0.3, -0.25) is 9.59 Å². The summed E-state index contributed by atoms with van der Waals surface area (Å²) in [7, 11) is 0. The molecule has 1 aromatic heterocycles. The maximum Gasteiger partial charge on any atom is 0.264 e. The van der Waals surface area contributed by atoms with Gasteiger partial charge < -0.3 is 10.0 Å². The molecule has 2 atom stereocenters. The van der Waals surface area contributed by atoms with E-state index in [0.29, 0.717) is 27.6 Å². The second-order valence-corrected chi connectivity index (χ2v) is 8.56. The van der Waals surface area contributed by atoms with Crippen molar-refractivity contribution >= 4 is 40.3 Å². The van der Waals surface area contributed by atoms with E-state index < -0.39 is 11.5 Å². The molecule has 0 saturated heterocycles. The van der Waals surface area contributed by atoms with E-state index in [1.807, 2.05) is 30.3 Å². The van der Waals surface area contributed by atoms with Crippen LogP contribution < -0.4 is 4.90 Å². The zero-order valence-electron chi connectivity index (χ0n) is 14.8. The number of amides is 1. The normalized spacial score (nSPS) is 22.6. The monoisotopic (exact) mass is 409 g/mol. The predicted octanol–water partition coefficient (Wildman–Crippen LogP) is 4.51. The maximum atomic E-state index is 13.5. The standard InChI is InChI=1S/C22H16ClNO3S/c23-16-8-7-13-10-14(16)18(11-13)24-17-5-2-1-4-15(17)22(27,21(24)26)12-19(25)20-6-3-9-28-20/h1-10,18,27H,11-12H2. The summed E-state index contributed by atoms with van der Waals surface area (Å²) in [4.78, 5) is 28.4. The quantitative estimate of drug-likeness (QED) is 0.645. The number of para-hydroxylation sites is 1. The Bertz CT molecular complexity index is 1110. The highest BCUT2D eigenvalue weighted by Gasteiger charge is 2.53. The number of hydrogen-bond donors (Lipinski definition) is 1. The van der Waals surface area contributed by atoms with Crippen LogP contribution in [0.25, 0.3) is 0 Å². The van der Waals surface area contributed by atoms with Crippen molar-refractivity contribution in [2.24, 2.45) is 0 Å². The fourth-order valence-corrected chi connectivity index (χ4v) is 5.14. The van der Waals surface area contributed by atoms with Crippen molar-refractivity contribution < 1.29 is 14.7 Å². The smallest absolute Gasteiger partial charge is 0.264 e. The van der Waals surface area contributed by atoms with Gasteiger partial charge in [-0.25, -0.2) is 0 Å². The van der Waals surface area contributed by atoms with E-state index in [2.05, 4.69) is 0 Å². The molecule has 1 N–H and O–H groups in total. The molecule has 28 heavy (non-hydrogen) atoms. The van der Waals surface area contributed by atoms with Gasteiger partial charge in [0.05, 0.1) is 23.0 Å². The maximum absolute atomic E-state index is 13.5. The van der Waals surface area contributed by atoms with Gasteiger partial charge in [-0.15, -0.1) is 11.3 Å². The van der Waals surface area contributed by atoms with Crippen LogP contribution in [0, 0.1) is 0 Å². The Morgan fingerprint density at radius 3 is 2.82 bits per heavy atom. The average Bonchev–Trinajstić information content (AvgIpc) is 3.38. The summed E-state index contributed by atoms with van der Waals surface area (Å²) in [6.45, 7) is 0. The van der Waals surface area contributed by atoms with Crippen LogP contribution in [0.15, 0.2) is 60.0 Å². The van der Waals surface area contributed by atoms with Gasteiger partial charge in [0.15, 0.2) is 11.4 Å². The van der Waals surface area contributed by atoms with E-state index >= 15 is 0 Å². The van der Waals surface area contributed by atoms with E-state index in [1.54, 1.807) is 34.5 Å². The summed E-state index contributed by atoms with van der Waals surface area (Å²) in [5.41, 5.74) is 1.20. The molecule has 0 saturated carbocycles. The summed E-state index contributed by atoms with van der Waals surface area (Å²) < 4.78 is 0. The molecule has 0 spiro atoms. The number of halogens is 1. The Hall–Kier alpha value is -2.47. The summed E-state index contributed by atoms with van der Waals surface area (Å²) in [5.74, 6) is -0.713. The van der Waals surface area contributed by atoms with Gasteiger partial charge in [0.1, 0.15) is 0 Å². The lowest BCUT2D eigenvalue weighted by molar-refractivity contribution is -0.136. The van der Waals surface area contributed by atoms with Crippen molar-refractivity contribution in [3.8, 4) is 0 Å². The molecule has 2 heterocycles. The highest BCUT2D eigenvalue weighted by atomic mass is 35.5. The molecule has 5 rings (SSSR count). The Labute approximate surface area is 171 Å². The third-order valence-electron chi connectivity index (χ3n) is 5.55. The molecule has 140 valence electrons. The number of Topliss-reactive ketones (excluding diaryl/α,β-unsaturated/α-hetero) is 1. The number of thiophene rings is 1. The van der Waals surface area contributed by atoms with Gasteiger partial charge in [-0.2, -0.15) is 0 Å². The number of ketones is 1. The van der Waals surface area contributed by atoms with Crippen molar-refractivity contribution in [1.82, 2.24) is 0 Å². The third-order valence-corrected chi connectivity index (χ3v) is 6.81. The number of hydrogen-bond acceptors (Lipinski definition) is 4. The van der Waals surface area contributed by atoms with Crippen LogP contribution in [0.2, 0.25) is 5.02 Å². The van der Waals surface area contributed by atoms with E-state index in [-0.39, 0.29) is 18.2 Å². The fourth-order valence-electron chi connectivity index (χ4n) is 4.23. The number of benzene rings is 2. The predicted molar refractivity (Wildman–Crippen MR) is 109 cm³/mol. The molecule has 4 nitrogen and oxygen atoms in total. The number of rotatable bonds is 4. The zero-order chi connectivity index (χ0) is 19.5. The first-order valence-electron chi connectivity index (χ1n) is 8.99. The highest BCUT2D eigenvalue weighted by molar-refractivity contribution is 7.12. The van der Waals surface area contributed by atoms with Crippen molar-refractivity contribution in [2.75, 3.05) is 4.90 Å². The Balaban J connectivity index is 1.57. The number of carbonyl (C=O) groups excluding carboxylic acids is 2. The molecule has 0 fully saturated rings. The van der Waals surface area contributed by atoms with Gasteiger partial charge >= 0.3 is 0 Å². The lowest BCUT2D eigenvalue weighted by Gasteiger charge is -2.28. The number of aliphatic hydroxyl groups is 1. The lowest BCUT2D eigenvalue weighted by atomic mass is 9.89. The molecule has 3 aromatic rings. The molecule has 1 aliphatic heterocycles. The first-order chi connectivity index (χ1) is 13.5. The first kappa shape index (κ1) is 17.6. The molecule has 1 aliphatic carbocycles. The molecule has 2 unspecified atom stereocenters. The lowest BCUT2D eigenvalue weighted by Crippen LogP contribution is -2.43. The van der Waals surface area contributed by atoms with E-state index in [9.17, 15) is 14.7 Å². The Morgan fingerprint density at radius 2 is 2.04 bits per heavy atom. The van der Waals surface area contributed by atoms with Crippen molar-refractivity contribution in [3.63, 3.8) is 0 Å². The number of nitrogens with zero attached hydrogens (tertiary/aromatic N) is 1. The van der Waals surface area contributed by atoms with Crippen molar-refractivity contribution in [2.45, 2.75) is 24.5 Å². The molecule has 2 aromatic carbocycles. The van der Waals surface area contributed by atoms with Crippen LogP contribution in [-0.4, -0.2) is 16.8 Å². The van der Waals surface area contributed by atoms with Crippen molar-refractivity contribution in [1.29, 1.82) is 0 Å². The molecule has 2 bridgehead atoms. The molecule has 2 aliphatic rings. The number of anilines is 1. The molecular weight excluding hydrogens is 394 g/mol. The first-order valence-corrected chi connectivity index (χ1v) is 10.3. The number of fused-ring (bicyclic) bond motifs is 3. The molecule has 6 heteroatoms. The number of carbonyl (C=O) groups is 2. The van der Waals surface area contributed by atoms with E-state index in [4.69, 9.17) is 11.6 Å². The SMILES string of the molecule is O=C(CC1(O)C(=O)N(C2Cc3ccc(Cl)c2c3)c2ccccc21)c1cccs1. The molecular formula is C22H16ClNO3S. The van der Waals surface area contributed by atoms with E-state index in [0.717, 1.165) is 11.1 Å². The van der Waals surface area contributed by atoms with Crippen LogP contribution in [0.3, 0.4) is 0 Å². The Morgan fingerprint density at radius 1 is 1.21 bits per heavy atom. The van der Waals surface area contributed by atoms with Crippen LogP contribution in [-0.2, 0) is 16.8 Å². The van der Waals surface area contributed by atoms with Gasteiger partial charge in [0, 0.05) is 10.6 Å². The largest absolute Gasteiger partial charge is 0.375 e. The second-order valence-electron chi connectivity index (χ2n) is 7.21. The van der Waals surface area contributed by atoms with Crippen LogP contribution >= 0.6 is 22.9 Å². The summed E-state index contributed by atoms with van der Waals surface area (Å²) in [6.07, 6.45) is 0.356.